The van der Waals surface area contributed by atoms with Crippen molar-refractivity contribution < 1.29 is 17.8 Å². The highest BCUT2D eigenvalue weighted by molar-refractivity contribution is 7.86. The minimum Gasteiger partial charge on any atom is -0.294 e. The third kappa shape index (κ3) is 3.96. The fourth-order valence-electron chi connectivity index (χ4n) is 1.66. The van der Waals surface area contributed by atoms with Gasteiger partial charge in [-0.25, -0.2) is 4.98 Å². The van der Waals surface area contributed by atoms with Gasteiger partial charge in [0.05, 0.1) is 6.21 Å². The van der Waals surface area contributed by atoms with Gasteiger partial charge >= 0.3 is 0 Å². The first-order valence-electron chi connectivity index (χ1n) is 6.20. The van der Waals surface area contributed by atoms with Crippen LogP contribution in [0, 0.1) is 0 Å². The lowest BCUT2D eigenvalue weighted by atomic mass is 10.2. The van der Waals surface area contributed by atoms with E-state index in [1.165, 1.54) is 37.5 Å². The number of ketones is 1. The average molecular weight is 319 g/mol. The van der Waals surface area contributed by atoms with Gasteiger partial charge in [0.2, 0.25) is 0 Å². The molecule has 2 N–H and O–H groups in total. The highest BCUT2D eigenvalue weighted by Gasteiger charge is 2.12. The number of carbonyl (C=O) groups excluding carboxylic acids is 1. The van der Waals surface area contributed by atoms with Crippen molar-refractivity contribution in [3.8, 4) is 0 Å². The number of nitrogens with zero attached hydrogens (tertiary/aromatic N) is 2. The molecular formula is C14H13N3O4S. The van der Waals surface area contributed by atoms with Crippen LogP contribution in [0.3, 0.4) is 0 Å². The fourth-order valence-corrected chi connectivity index (χ4v) is 2.33. The van der Waals surface area contributed by atoms with Gasteiger partial charge in [-0.2, -0.15) is 13.5 Å². The van der Waals surface area contributed by atoms with Crippen LogP contribution in [0.5, 0.6) is 0 Å². The molecule has 2 rings (SSSR count). The molecule has 0 radical (unpaired) electrons. The highest BCUT2D eigenvalue weighted by Crippen LogP contribution is 2.13. The van der Waals surface area contributed by atoms with E-state index in [2.05, 4.69) is 15.5 Å². The summed E-state index contributed by atoms with van der Waals surface area (Å²) in [7, 11) is -4.32. The van der Waals surface area contributed by atoms with Gasteiger partial charge < -0.3 is 0 Å². The molecule has 0 aliphatic rings. The van der Waals surface area contributed by atoms with Crippen LogP contribution in [-0.2, 0) is 10.1 Å². The predicted molar refractivity (Wildman–Crippen MR) is 81.7 cm³/mol. The second kappa shape index (κ2) is 6.46. The molecule has 0 amide bonds. The number of hydrogen-bond donors (Lipinski definition) is 2. The highest BCUT2D eigenvalue weighted by atomic mass is 32.2. The van der Waals surface area contributed by atoms with Gasteiger partial charge in [-0.15, -0.1) is 0 Å². The molecule has 0 aliphatic carbocycles. The van der Waals surface area contributed by atoms with Crippen molar-refractivity contribution in [1.29, 1.82) is 0 Å². The fraction of sp³-hybridized carbons (Fsp3) is 0.0714. The zero-order valence-corrected chi connectivity index (χ0v) is 12.4. The molecule has 22 heavy (non-hydrogen) atoms. The van der Waals surface area contributed by atoms with E-state index in [-0.39, 0.29) is 16.2 Å². The molecule has 114 valence electrons. The van der Waals surface area contributed by atoms with Crippen LogP contribution in [0.2, 0.25) is 0 Å². The summed E-state index contributed by atoms with van der Waals surface area (Å²) in [4.78, 5) is 14.9. The number of Topliss-reactive ketones (excluding diaryl/α,β-unsaturated/α-hetero) is 1. The summed E-state index contributed by atoms with van der Waals surface area (Å²) in [6.07, 6.45) is 2.66. The maximum Gasteiger partial charge on any atom is 0.295 e. The molecule has 1 aromatic carbocycles. The topological polar surface area (TPSA) is 109 Å². The van der Waals surface area contributed by atoms with Crippen molar-refractivity contribution in [3.63, 3.8) is 0 Å². The Labute approximate surface area is 127 Å². The first-order valence-corrected chi connectivity index (χ1v) is 7.64. The van der Waals surface area contributed by atoms with Crippen LogP contribution in [0.25, 0.3) is 0 Å². The Balaban J connectivity index is 2.15. The number of benzene rings is 1. The van der Waals surface area contributed by atoms with Crippen molar-refractivity contribution in [3.05, 3.63) is 53.7 Å². The minimum absolute atomic E-state index is 0.0929. The Kier molecular flexibility index (Phi) is 4.64. The van der Waals surface area contributed by atoms with Crippen molar-refractivity contribution in [2.75, 3.05) is 5.43 Å². The number of anilines is 1. The van der Waals surface area contributed by atoms with Crippen LogP contribution in [0.15, 0.2) is 52.6 Å². The maximum atomic E-state index is 11.2. The van der Waals surface area contributed by atoms with Crippen molar-refractivity contribution >= 4 is 27.9 Å². The second-order valence-corrected chi connectivity index (χ2v) is 5.76. The monoisotopic (exact) mass is 319 g/mol. The van der Waals surface area contributed by atoms with Gasteiger partial charge in [0, 0.05) is 17.3 Å². The number of hydrazone groups is 1. The first kappa shape index (κ1) is 15.8. The van der Waals surface area contributed by atoms with E-state index in [0.29, 0.717) is 11.4 Å². The van der Waals surface area contributed by atoms with E-state index in [1.54, 1.807) is 18.2 Å². The molecule has 0 bridgehead atoms. The lowest BCUT2D eigenvalue weighted by Gasteiger charge is -2.02. The summed E-state index contributed by atoms with van der Waals surface area (Å²) in [6.45, 7) is 1.44. The van der Waals surface area contributed by atoms with E-state index in [9.17, 15) is 13.2 Å². The van der Waals surface area contributed by atoms with Gasteiger partial charge in [0.1, 0.15) is 10.7 Å². The maximum absolute atomic E-state index is 11.2. The Morgan fingerprint density at radius 1 is 1.27 bits per heavy atom. The van der Waals surface area contributed by atoms with Gasteiger partial charge in [0.15, 0.2) is 5.78 Å². The second-order valence-electron chi connectivity index (χ2n) is 4.37. The number of pyridine rings is 1. The third-order valence-corrected chi connectivity index (χ3v) is 3.68. The summed E-state index contributed by atoms with van der Waals surface area (Å²) in [5.74, 6) is 0.301. The number of nitrogens with one attached hydrogen (secondary N) is 1. The normalized spacial score (nSPS) is 11.5. The van der Waals surface area contributed by atoms with E-state index in [0.717, 1.165) is 0 Å². The van der Waals surface area contributed by atoms with Gasteiger partial charge in [-0.05, 0) is 25.1 Å². The molecule has 8 heteroatoms. The summed E-state index contributed by atoms with van der Waals surface area (Å²) in [6, 6.07) is 9.06. The minimum atomic E-state index is -4.32. The number of carbonyl (C=O) groups is 1. The van der Waals surface area contributed by atoms with Gasteiger partial charge in [0.25, 0.3) is 10.1 Å². The Morgan fingerprint density at radius 2 is 2.00 bits per heavy atom. The van der Waals surface area contributed by atoms with Crippen molar-refractivity contribution in [1.82, 2.24) is 4.98 Å². The molecule has 1 aromatic heterocycles. The van der Waals surface area contributed by atoms with Crippen molar-refractivity contribution in [2.45, 2.75) is 11.8 Å². The lowest BCUT2D eigenvalue weighted by molar-refractivity contribution is 0.101. The summed E-state index contributed by atoms with van der Waals surface area (Å²) < 4.78 is 31.5. The molecule has 0 atom stereocenters. The lowest BCUT2D eigenvalue weighted by Crippen LogP contribution is -2.03. The van der Waals surface area contributed by atoms with E-state index in [1.807, 2.05) is 0 Å². The van der Waals surface area contributed by atoms with Crippen LogP contribution >= 0.6 is 0 Å². The number of rotatable bonds is 5. The van der Waals surface area contributed by atoms with E-state index >= 15 is 0 Å². The summed E-state index contributed by atoms with van der Waals surface area (Å²) in [5, 5.41) is 3.86. The molecule has 0 fully saturated rings. The van der Waals surface area contributed by atoms with Crippen LogP contribution in [0.4, 0.5) is 5.82 Å². The standard InChI is InChI=1S/C14H13N3O4S/c1-10(18)11-6-7-14(15-8-11)17-16-9-12-4-2-3-5-13(12)22(19,20)21/h2-9H,1H3,(H,15,17)(H,19,20,21)/b16-9+. The molecule has 0 unspecified atom stereocenters. The Bertz CT molecular complexity index is 814. The van der Waals surface area contributed by atoms with Crippen LogP contribution in [-0.4, -0.2) is 30.0 Å². The number of hydrogen-bond acceptors (Lipinski definition) is 6. The summed E-state index contributed by atoms with van der Waals surface area (Å²) in [5.41, 5.74) is 3.32. The molecule has 7 nitrogen and oxygen atoms in total. The van der Waals surface area contributed by atoms with Crippen LogP contribution in [0.1, 0.15) is 22.8 Å². The van der Waals surface area contributed by atoms with E-state index < -0.39 is 10.1 Å². The third-order valence-electron chi connectivity index (χ3n) is 2.75. The summed E-state index contributed by atoms with van der Waals surface area (Å²) >= 11 is 0. The Morgan fingerprint density at radius 3 is 2.59 bits per heavy atom. The largest absolute Gasteiger partial charge is 0.295 e. The quantitative estimate of drug-likeness (QED) is 0.377. The van der Waals surface area contributed by atoms with Gasteiger partial charge in [-0.3, -0.25) is 14.8 Å². The molecular weight excluding hydrogens is 306 g/mol. The van der Waals surface area contributed by atoms with Crippen molar-refractivity contribution in [2.24, 2.45) is 5.10 Å². The zero-order chi connectivity index (χ0) is 16.2. The smallest absolute Gasteiger partial charge is 0.294 e. The number of aromatic nitrogens is 1. The molecule has 1 heterocycles. The Hall–Kier alpha value is -2.58. The van der Waals surface area contributed by atoms with E-state index in [4.69, 9.17) is 4.55 Å². The SMILES string of the molecule is CC(=O)c1ccc(N/N=C/c2ccccc2S(=O)(=O)O)nc1. The zero-order valence-electron chi connectivity index (χ0n) is 11.6. The van der Waals surface area contributed by atoms with Crippen LogP contribution < -0.4 is 5.43 Å². The molecule has 0 spiro atoms. The first-order chi connectivity index (χ1) is 10.4. The van der Waals surface area contributed by atoms with Gasteiger partial charge in [-0.1, -0.05) is 18.2 Å². The molecule has 0 saturated heterocycles. The average Bonchev–Trinajstić information content (AvgIpc) is 2.47. The molecule has 0 saturated carbocycles. The molecule has 2 aromatic rings. The molecule has 0 aliphatic heterocycles. The predicted octanol–water partition coefficient (Wildman–Crippen LogP) is 1.98.